The molecule has 1 aromatic heterocycles. The lowest BCUT2D eigenvalue weighted by Crippen LogP contribution is -2.35. The van der Waals surface area contributed by atoms with Crippen molar-refractivity contribution in [1.29, 1.82) is 0 Å². The van der Waals surface area contributed by atoms with Gasteiger partial charge in [0.15, 0.2) is 11.5 Å². The summed E-state index contributed by atoms with van der Waals surface area (Å²) in [4.78, 5) is 29.2. The van der Waals surface area contributed by atoms with E-state index in [0.717, 1.165) is 17.5 Å². The van der Waals surface area contributed by atoms with Gasteiger partial charge in [-0.05, 0) is 65.7 Å². The molecule has 3 aromatic rings. The first-order valence-corrected chi connectivity index (χ1v) is 12.1. The lowest BCUT2D eigenvalue weighted by molar-refractivity contribution is -0.115. The van der Waals surface area contributed by atoms with Crippen LogP contribution in [0.3, 0.4) is 0 Å². The maximum absolute atomic E-state index is 13.2. The molecule has 0 saturated heterocycles. The second-order valence-electron chi connectivity index (χ2n) is 8.15. The van der Waals surface area contributed by atoms with Crippen LogP contribution in [-0.4, -0.2) is 36.5 Å². The zero-order chi connectivity index (χ0) is 22.9. The number of nitrogens with zero attached hydrogens (tertiary/aromatic N) is 1. The third-order valence-corrected chi connectivity index (χ3v) is 7.26. The van der Waals surface area contributed by atoms with Crippen molar-refractivity contribution in [3.05, 3.63) is 73.9 Å². The smallest absolute Gasteiger partial charge is 0.254 e. The number of carbonyl (C=O) groups excluding carboxylic acids is 2. The van der Waals surface area contributed by atoms with Gasteiger partial charge in [-0.15, -0.1) is 11.3 Å². The Kier molecular flexibility index (Phi) is 6.00. The van der Waals surface area contributed by atoms with E-state index in [-0.39, 0.29) is 18.2 Å². The Morgan fingerprint density at radius 2 is 2.03 bits per heavy atom. The highest BCUT2D eigenvalue weighted by Gasteiger charge is 2.24. The number of fused-ring (bicyclic) bond motifs is 2. The molecule has 0 bridgehead atoms. The summed E-state index contributed by atoms with van der Waals surface area (Å²) < 4.78 is 11.1. The largest absolute Gasteiger partial charge is 0.486 e. The first-order valence-electron chi connectivity index (χ1n) is 10.8. The van der Waals surface area contributed by atoms with E-state index < -0.39 is 0 Å². The second kappa shape index (κ2) is 9.08. The molecule has 2 aliphatic rings. The van der Waals surface area contributed by atoms with Crippen LogP contribution in [0.15, 0.2) is 41.8 Å². The van der Waals surface area contributed by atoms with Crippen LogP contribution >= 0.6 is 22.9 Å². The molecule has 0 aliphatic carbocycles. The molecule has 0 unspecified atom stereocenters. The fourth-order valence-electron chi connectivity index (χ4n) is 4.24. The molecule has 0 saturated carbocycles. The van der Waals surface area contributed by atoms with E-state index in [1.807, 2.05) is 24.0 Å². The van der Waals surface area contributed by atoms with Gasteiger partial charge in [-0.2, -0.15) is 0 Å². The van der Waals surface area contributed by atoms with Crippen LogP contribution in [0.5, 0.6) is 11.5 Å². The molecule has 0 radical (unpaired) electrons. The van der Waals surface area contributed by atoms with Gasteiger partial charge in [0, 0.05) is 29.2 Å². The van der Waals surface area contributed by atoms with E-state index >= 15 is 0 Å². The lowest BCUT2D eigenvalue weighted by Gasteiger charge is -2.28. The molecular weight excluding hydrogens is 460 g/mol. The normalized spacial score (nSPS) is 14.5. The highest BCUT2D eigenvalue weighted by Crippen LogP contribution is 2.38. The molecule has 0 atom stereocenters. The number of halogens is 1. The number of anilines is 1. The quantitative estimate of drug-likeness (QED) is 0.576. The molecule has 0 fully saturated rings. The Bertz CT molecular complexity index is 1240. The van der Waals surface area contributed by atoms with Gasteiger partial charge < -0.3 is 19.7 Å². The minimum atomic E-state index is -0.198. The Labute approximate surface area is 201 Å². The lowest BCUT2D eigenvalue weighted by atomic mass is 10.0. The first kappa shape index (κ1) is 21.8. The first-order chi connectivity index (χ1) is 16.0. The number of hydrogen-bond donors (Lipinski definition) is 1. The van der Waals surface area contributed by atoms with Crippen molar-refractivity contribution >= 4 is 40.4 Å². The molecule has 5 rings (SSSR count). The predicted octanol–water partition coefficient (Wildman–Crippen LogP) is 4.86. The molecular formula is C25H23ClN2O4S. The molecule has 170 valence electrons. The van der Waals surface area contributed by atoms with Gasteiger partial charge in [0.1, 0.15) is 13.2 Å². The zero-order valence-corrected chi connectivity index (χ0v) is 19.7. The Morgan fingerprint density at radius 1 is 1.18 bits per heavy atom. The summed E-state index contributed by atoms with van der Waals surface area (Å²) >= 11 is 8.04. The Morgan fingerprint density at radius 3 is 2.91 bits per heavy atom. The zero-order valence-electron chi connectivity index (χ0n) is 18.2. The summed E-state index contributed by atoms with van der Waals surface area (Å²) in [5, 5.41) is 5.45. The number of thiophene rings is 1. The molecule has 2 aromatic carbocycles. The minimum Gasteiger partial charge on any atom is -0.486 e. The number of amides is 2. The summed E-state index contributed by atoms with van der Waals surface area (Å²) in [6.07, 6.45) is 1.01. The van der Waals surface area contributed by atoms with Crippen LogP contribution in [0.25, 0.3) is 0 Å². The van der Waals surface area contributed by atoms with Crippen LogP contribution in [0.4, 0.5) is 5.69 Å². The monoisotopic (exact) mass is 482 g/mol. The number of hydrogen-bond acceptors (Lipinski definition) is 5. The van der Waals surface area contributed by atoms with Gasteiger partial charge in [0.05, 0.1) is 11.4 Å². The number of ether oxygens (including phenoxy) is 2. The van der Waals surface area contributed by atoms with E-state index in [2.05, 4.69) is 16.8 Å². The maximum Gasteiger partial charge on any atom is 0.254 e. The molecule has 0 spiro atoms. The number of carbonyl (C=O) groups is 2. The van der Waals surface area contributed by atoms with Crippen molar-refractivity contribution in [3.8, 4) is 11.5 Å². The molecule has 3 heterocycles. The fraction of sp³-hybridized carbons (Fsp3) is 0.280. The van der Waals surface area contributed by atoms with E-state index in [1.54, 1.807) is 29.5 Å². The summed E-state index contributed by atoms with van der Waals surface area (Å²) in [5.41, 5.74) is 3.94. The van der Waals surface area contributed by atoms with Crippen LogP contribution in [0.2, 0.25) is 5.02 Å². The van der Waals surface area contributed by atoms with E-state index in [0.29, 0.717) is 54.1 Å². The Balaban J connectivity index is 1.30. The molecule has 6 nitrogen and oxygen atoms in total. The van der Waals surface area contributed by atoms with Crippen LogP contribution in [0.1, 0.15) is 31.9 Å². The van der Waals surface area contributed by atoms with Crippen molar-refractivity contribution < 1.29 is 19.1 Å². The van der Waals surface area contributed by atoms with Crippen LogP contribution < -0.4 is 14.8 Å². The van der Waals surface area contributed by atoms with Gasteiger partial charge in [-0.25, -0.2) is 0 Å². The number of benzene rings is 2. The summed E-state index contributed by atoms with van der Waals surface area (Å²) in [7, 11) is 0. The molecule has 8 heteroatoms. The van der Waals surface area contributed by atoms with Crippen LogP contribution in [-0.2, 0) is 24.2 Å². The molecule has 33 heavy (non-hydrogen) atoms. The van der Waals surface area contributed by atoms with Crippen molar-refractivity contribution in [2.75, 3.05) is 25.1 Å². The van der Waals surface area contributed by atoms with Crippen molar-refractivity contribution in [3.63, 3.8) is 0 Å². The van der Waals surface area contributed by atoms with Crippen molar-refractivity contribution in [2.45, 2.75) is 26.3 Å². The predicted molar refractivity (Wildman–Crippen MR) is 129 cm³/mol. The van der Waals surface area contributed by atoms with E-state index in [1.165, 1.54) is 10.4 Å². The van der Waals surface area contributed by atoms with E-state index in [9.17, 15) is 9.59 Å². The third kappa shape index (κ3) is 4.43. The van der Waals surface area contributed by atoms with Crippen molar-refractivity contribution in [2.24, 2.45) is 0 Å². The topological polar surface area (TPSA) is 67.9 Å². The van der Waals surface area contributed by atoms with Gasteiger partial charge in [-0.3, -0.25) is 9.59 Å². The second-order valence-corrected chi connectivity index (χ2v) is 9.56. The Hall–Kier alpha value is -3.03. The van der Waals surface area contributed by atoms with Crippen molar-refractivity contribution in [1.82, 2.24) is 4.90 Å². The summed E-state index contributed by atoms with van der Waals surface area (Å²) in [5.74, 6) is 0.854. The molecule has 1 N–H and O–H groups in total. The standard InChI is InChI=1S/C25H23ClN2O4S/c1-15-18(25(30)28-7-5-22-17(14-28)6-10-33-22)3-2-4-20(15)27-23(29)13-16-11-19(26)24-21(12-16)31-8-9-32-24/h2-4,6,10-12H,5,7-9,13-14H2,1H3,(H,27,29). The van der Waals surface area contributed by atoms with Gasteiger partial charge in [-0.1, -0.05) is 17.7 Å². The maximum atomic E-state index is 13.2. The van der Waals surface area contributed by atoms with E-state index in [4.69, 9.17) is 21.1 Å². The van der Waals surface area contributed by atoms with Gasteiger partial charge >= 0.3 is 0 Å². The SMILES string of the molecule is Cc1c(NC(=O)Cc2cc(Cl)c3c(c2)OCCO3)cccc1C(=O)N1CCc2sccc2C1. The fourth-order valence-corrected chi connectivity index (χ4v) is 5.42. The third-order valence-electron chi connectivity index (χ3n) is 5.95. The average Bonchev–Trinajstić information content (AvgIpc) is 3.28. The highest BCUT2D eigenvalue weighted by molar-refractivity contribution is 7.10. The minimum absolute atomic E-state index is 0.0148. The van der Waals surface area contributed by atoms with Gasteiger partial charge in [0.2, 0.25) is 5.91 Å². The van der Waals surface area contributed by atoms with Crippen LogP contribution in [0, 0.1) is 6.92 Å². The number of nitrogens with one attached hydrogen (secondary N) is 1. The summed E-state index contributed by atoms with van der Waals surface area (Å²) in [6.45, 7) is 4.09. The molecule has 2 aliphatic heterocycles. The van der Waals surface area contributed by atoms with Gasteiger partial charge in [0.25, 0.3) is 5.91 Å². The molecule has 2 amide bonds. The summed E-state index contributed by atoms with van der Waals surface area (Å²) in [6, 6.07) is 11.0. The average molecular weight is 483 g/mol. The highest BCUT2D eigenvalue weighted by atomic mass is 35.5. The number of rotatable bonds is 4.